The summed E-state index contributed by atoms with van der Waals surface area (Å²) in [6, 6.07) is 6.63. The van der Waals surface area contributed by atoms with Gasteiger partial charge in [0.25, 0.3) is 0 Å². The number of nitrogens with one attached hydrogen (secondary N) is 1. The molecule has 4 heteroatoms. The zero-order chi connectivity index (χ0) is 13.7. The molecule has 1 aromatic carbocycles. The van der Waals surface area contributed by atoms with Crippen LogP contribution in [0.4, 0.5) is 4.39 Å². The van der Waals surface area contributed by atoms with Crippen molar-refractivity contribution >= 4 is 5.91 Å². The minimum Gasteiger partial charge on any atom is -0.342 e. The summed E-state index contributed by atoms with van der Waals surface area (Å²) in [6.45, 7) is 4.59. The highest BCUT2D eigenvalue weighted by molar-refractivity contribution is 5.78. The molecule has 0 atom stereocenters. The lowest BCUT2D eigenvalue weighted by Crippen LogP contribution is -2.42. The van der Waals surface area contributed by atoms with Crippen LogP contribution < -0.4 is 5.32 Å². The van der Waals surface area contributed by atoms with Crippen LogP contribution in [0.3, 0.4) is 0 Å². The van der Waals surface area contributed by atoms with Crippen LogP contribution in [0.5, 0.6) is 0 Å². The molecular formula is C15H21FN2O. The smallest absolute Gasteiger partial charge is 0.236 e. The molecule has 0 spiro atoms. The average molecular weight is 264 g/mol. The SMILES string of the molecule is CC1CCN(C(=O)CNCc2ccccc2F)CC1. The van der Waals surface area contributed by atoms with Crippen molar-refractivity contribution in [3.63, 3.8) is 0 Å². The Morgan fingerprint density at radius 3 is 2.74 bits per heavy atom. The van der Waals surface area contributed by atoms with Gasteiger partial charge in [0.15, 0.2) is 0 Å². The number of carbonyl (C=O) groups excluding carboxylic acids is 1. The number of halogens is 1. The van der Waals surface area contributed by atoms with Gasteiger partial charge in [-0.15, -0.1) is 0 Å². The third-order valence-electron chi connectivity index (χ3n) is 3.69. The van der Waals surface area contributed by atoms with Crippen LogP contribution in [0, 0.1) is 11.7 Å². The average Bonchev–Trinajstić information content (AvgIpc) is 2.41. The van der Waals surface area contributed by atoms with Crippen LogP contribution in [0.1, 0.15) is 25.3 Å². The summed E-state index contributed by atoms with van der Waals surface area (Å²) in [6.07, 6.45) is 2.16. The van der Waals surface area contributed by atoms with Crippen molar-refractivity contribution in [3.05, 3.63) is 35.6 Å². The molecule has 0 aromatic heterocycles. The number of rotatable bonds is 4. The first-order valence-corrected chi connectivity index (χ1v) is 6.88. The van der Waals surface area contributed by atoms with Gasteiger partial charge in [-0.25, -0.2) is 4.39 Å². The lowest BCUT2D eigenvalue weighted by Gasteiger charge is -2.30. The summed E-state index contributed by atoms with van der Waals surface area (Å²) in [5.74, 6) is 0.605. The summed E-state index contributed by atoms with van der Waals surface area (Å²) in [5, 5.41) is 3.02. The fraction of sp³-hybridized carbons (Fsp3) is 0.533. The van der Waals surface area contributed by atoms with Crippen molar-refractivity contribution in [2.24, 2.45) is 5.92 Å². The van der Waals surface area contributed by atoms with E-state index in [-0.39, 0.29) is 18.3 Å². The molecule has 1 N–H and O–H groups in total. The van der Waals surface area contributed by atoms with E-state index >= 15 is 0 Å². The molecule has 1 heterocycles. The Balaban J connectivity index is 1.74. The van der Waals surface area contributed by atoms with Crippen LogP contribution in [0.15, 0.2) is 24.3 Å². The molecule has 1 fully saturated rings. The Kier molecular flexibility index (Phi) is 4.91. The van der Waals surface area contributed by atoms with Crippen molar-refractivity contribution < 1.29 is 9.18 Å². The highest BCUT2D eigenvalue weighted by atomic mass is 19.1. The van der Waals surface area contributed by atoms with Gasteiger partial charge in [0.1, 0.15) is 5.82 Å². The first-order chi connectivity index (χ1) is 9.16. The maximum Gasteiger partial charge on any atom is 0.236 e. The number of hydrogen-bond acceptors (Lipinski definition) is 2. The van der Waals surface area contributed by atoms with Gasteiger partial charge >= 0.3 is 0 Å². The number of benzene rings is 1. The second kappa shape index (κ2) is 6.66. The topological polar surface area (TPSA) is 32.3 Å². The number of hydrogen-bond donors (Lipinski definition) is 1. The molecule has 0 radical (unpaired) electrons. The molecule has 0 bridgehead atoms. The normalized spacial score (nSPS) is 16.6. The number of amides is 1. The molecule has 1 aromatic rings. The van der Waals surface area contributed by atoms with Crippen LogP contribution in [-0.4, -0.2) is 30.4 Å². The number of nitrogens with zero attached hydrogens (tertiary/aromatic N) is 1. The van der Waals surface area contributed by atoms with E-state index in [1.165, 1.54) is 6.07 Å². The van der Waals surface area contributed by atoms with Crippen LogP contribution in [-0.2, 0) is 11.3 Å². The highest BCUT2D eigenvalue weighted by Crippen LogP contribution is 2.15. The van der Waals surface area contributed by atoms with E-state index in [0.29, 0.717) is 12.1 Å². The van der Waals surface area contributed by atoms with Gasteiger partial charge < -0.3 is 10.2 Å². The molecule has 0 aliphatic carbocycles. The first-order valence-electron chi connectivity index (χ1n) is 6.88. The van der Waals surface area contributed by atoms with Gasteiger partial charge in [0.2, 0.25) is 5.91 Å². The third kappa shape index (κ3) is 4.03. The zero-order valence-corrected chi connectivity index (χ0v) is 11.4. The van der Waals surface area contributed by atoms with Gasteiger partial charge in [-0.1, -0.05) is 25.1 Å². The molecule has 2 rings (SSSR count). The van der Waals surface area contributed by atoms with E-state index in [9.17, 15) is 9.18 Å². The van der Waals surface area contributed by atoms with E-state index in [1.54, 1.807) is 18.2 Å². The first kappa shape index (κ1) is 14.0. The summed E-state index contributed by atoms with van der Waals surface area (Å²) >= 11 is 0. The maximum atomic E-state index is 13.4. The summed E-state index contributed by atoms with van der Waals surface area (Å²) in [5.41, 5.74) is 0.600. The van der Waals surface area contributed by atoms with Gasteiger partial charge in [-0.2, -0.15) is 0 Å². The molecule has 1 aliphatic rings. The summed E-state index contributed by atoms with van der Waals surface area (Å²) < 4.78 is 13.4. The summed E-state index contributed by atoms with van der Waals surface area (Å²) in [7, 11) is 0. The van der Waals surface area contributed by atoms with E-state index < -0.39 is 0 Å². The Morgan fingerprint density at radius 1 is 1.37 bits per heavy atom. The van der Waals surface area contributed by atoms with Crippen molar-refractivity contribution in [3.8, 4) is 0 Å². The summed E-state index contributed by atoms with van der Waals surface area (Å²) in [4.78, 5) is 13.8. The van der Waals surface area contributed by atoms with Gasteiger partial charge in [0, 0.05) is 25.2 Å². The van der Waals surface area contributed by atoms with E-state index in [1.807, 2.05) is 4.90 Å². The van der Waals surface area contributed by atoms with E-state index in [4.69, 9.17) is 0 Å². The Bertz CT molecular complexity index is 428. The molecule has 0 saturated carbocycles. The quantitative estimate of drug-likeness (QED) is 0.904. The fourth-order valence-corrected chi connectivity index (χ4v) is 2.32. The Morgan fingerprint density at radius 2 is 2.05 bits per heavy atom. The molecule has 104 valence electrons. The van der Waals surface area contributed by atoms with E-state index in [2.05, 4.69) is 12.2 Å². The van der Waals surface area contributed by atoms with Crippen LogP contribution in [0.2, 0.25) is 0 Å². The molecule has 1 amide bonds. The molecule has 1 aliphatic heterocycles. The van der Waals surface area contributed by atoms with Crippen LogP contribution >= 0.6 is 0 Å². The van der Waals surface area contributed by atoms with E-state index in [0.717, 1.165) is 31.8 Å². The molecule has 19 heavy (non-hydrogen) atoms. The number of piperidine rings is 1. The molecule has 0 unspecified atom stereocenters. The molecule has 1 saturated heterocycles. The second-order valence-corrected chi connectivity index (χ2v) is 5.26. The number of carbonyl (C=O) groups is 1. The second-order valence-electron chi connectivity index (χ2n) is 5.26. The Hall–Kier alpha value is -1.42. The molecular weight excluding hydrogens is 243 g/mol. The standard InChI is InChI=1S/C15H21FN2O/c1-12-6-8-18(9-7-12)15(19)11-17-10-13-4-2-3-5-14(13)16/h2-5,12,17H,6-11H2,1H3. The van der Waals surface area contributed by atoms with Crippen molar-refractivity contribution in [2.75, 3.05) is 19.6 Å². The van der Waals surface area contributed by atoms with Gasteiger partial charge in [0.05, 0.1) is 6.54 Å². The number of likely N-dealkylation sites (tertiary alicyclic amines) is 1. The largest absolute Gasteiger partial charge is 0.342 e. The third-order valence-corrected chi connectivity index (χ3v) is 3.69. The highest BCUT2D eigenvalue weighted by Gasteiger charge is 2.19. The van der Waals surface area contributed by atoms with Crippen molar-refractivity contribution in [1.82, 2.24) is 10.2 Å². The lowest BCUT2D eigenvalue weighted by molar-refractivity contribution is -0.131. The van der Waals surface area contributed by atoms with Crippen molar-refractivity contribution in [2.45, 2.75) is 26.3 Å². The van der Waals surface area contributed by atoms with Crippen LogP contribution in [0.25, 0.3) is 0 Å². The maximum absolute atomic E-state index is 13.4. The van der Waals surface area contributed by atoms with Crippen molar-refractivity contribution in [1.29, 1.82) is 0 Å². The fourth-order valence-electron chi connectivity index (χ4n) is 2.32. The Labute approximate surface area is 113 Å². The zero-order valence-electron chi connectivity index (χ0n) is 11.4. The van der Waals surface area contributed by atoms with Gasteiger partial charge in [-0.3, -0.25) is 4.79 Å². The molecule has 3 nitrogen and oxygen atoms in total. The predicted octanol–water partition coefficient (Wildman–Crippen LogP) is 2.17. The minimum atomic E-state index is -0.228. The minimum absolute atomic E-state index is 0.114. The van der Waals surface area contributed by atoms with Gasteiger partial charge in [-0.05, 0) is 24.8 Å². The monoisotopic (exact) mass is 264 g/mol. The predicted molar refractivity (Wildman–Crippen MR) is 73.1 cm³/mol. The lowest BCUT2D eigenvalue weighted by atomic mass is 9.99.